The van der Waals surface area contributed by atoms with Crippen LogP contribution in [0.25, 0.3) is 6.08 Å². The van der Waals surface area contributed by atoms with Crippen molar-refractivity contribution < 1.29 is 13.7 Å². The molecular formula is C17H17NO3S. The summed E-state index contributed by atoms with van der Waals surface area (Å²) >= 11 is 1.13. The van der Waals surface area contributed by atoms with E-state index >= 15 is 0 Å². The van der Waals surface area contributed by atoms with Crippen LogP contribution in [-0.2, 0) is 9.53 Å². The number of hydrogen-bond acceptors (Lipinski definition) is 5. The average molecular weight is 315 g/mol. The van der Waals surface area contributed by atoms with Crippen molar-refractivity contribution >= 4 is 30.0 Å². The molecule has 0 fully saturated rings. The average Bonchev–Trinajstić information content (AvgIpc) is 2.55. The summed E-state index contributed by atoms with van der Waals surface area (Å²) in [7, 11) is 0. The van der Waals surface area contributed by atoms with Gasteiger partial charge in [0.1, 0.15) is 5.75 Å². The van der Waals surface area contributed by atoms with E-state index < -0.39 is 0 Å². The van der Waals surface area contributed by atoms with Gasteiger partial charge < -0.3 is 8.92 Å². The molecule has 0 aliphatic rings. The highest BCUT2D eigenvalue weighted by Gasteiger charge is 1.98. The van der Waals surface area contributed by atoms with Crippen LogP contribution in [0.2, 0.25) is 0 Å². The van der Waals surface area contributed by atoms with E-state index in [0.717, 1.165) is 29.2 Å². The highest BCUT2D eigenvalue weighted by atomic mass is 32.2. The number of carbonyl (C=O) groups excluding carboxylic acids is 1. The zero-order valence-corrected chi connectivity index (χ0v) is 13.0. The minimum atomic E-state index is -0.345. The topological polar surface area (TPSA) is 47.6 Å². The van der Waals surface area contributed by atoms with Gasteiger partial charge in [0.25, 0.3) is 0 Å². The summed E-state index contributed by atoms with van der Waals surface area (Å²) in [6, 6.07) is 17.2. The zero-order valence-electron chi connectivity index (χ0n) is 12.2. The lowest BCUT2D eigenvalue weighted by atomic mass is 10.2. The summed E-state index contributed by atoms with van der Waals surface area (Å²) in [5, 5.41) is 0. The first-order chi connectivity index (χ1) is 10.8. The van der Waals surface area contributed by atoms with E-state index in [-0.39, 0.29) is 5.97 Å². The molecule has 0 aromatic heterocycles. The van der Waals surface area contributed by atoms with Gasteiger partial charge in [0.2, 0.25) is 0 Å². The van der Waals surface area contributed by atoms with Gasteiger partial charge >= 0.3 is 5.97 Å². The van der Waals surface area contributed by atoms with Crippen molar-refractivity contribution in [2.24, 2.45) is 0 Å². The van der Waals surface area contributed by atoms with Gasteiger partial charge in [-0.25, -0.2) is 4.79 Å². The molecule has 0 heterocycles. The molecule has 0 saturated heterocycles. The molecular weight excluding hydrogens is 298 g/mol. The normalized spacial score (nSPS) is 10.4. The molecule has 0 saturated carbocycles. The van der Waals surface area contributed by atoms with Crippen molar-refractivity contribution in [2.75, 3.05) is 11.3 Å². The summed E-state index contributed by atoms with van der Waals surface area (Å²) in [5.74, 6) is 0.431. The SMILES string of the molecule is CCOC(=O)/C=C/c1cccc(NSOc2ccccc2)c1. The lowest BCUT2D eigenvalue weighted by molar-refractivity contribution is -0.137. The largest absolute Gasteiger partial charge is 0.463 e. The fraction of sp³-hybridized carbons (Fsp3) is 0.118. The Labute approximate surface area is 134 Å². The second-order valence-corrected chi connectivity index (χ2v) is 4.83. The smallest absolute Gasteiger partial charge is 0.330 e. The summed E-state index contributed by atoms with van der Waals surface area (Å²) in [6.45, 7) is 2.15. The molecule has 0 atom stereocenters. The molecule has 0 aliphatic carbocycles. The van der Waals surface area contributed by atoms with Crippen LogP contribution in [0.4, 0.5) is 5.69 Å². The van der Waals surface area contributed by atoms with Gasteiger partial charge in [-0.1, -0.05) is 30.3 Å². The zero-order chi connectivity index (χ0) is 15.6. The number of ether oxygens (including phenoxy) is 1. The standard InChI is InChI=1S/C17H17NO3S/c1-2-20-17(19)12-11-14-7-6-8-15(13-14)18-22-21-16-9-4-3-5-10-16/h3-13,18H,2H2,1H3/b12-11+. The van der Waals surface area contributed by atoms with E-state index in [9.17, 15) is 4.79 Å². The molecule has 1 N–H and O–H groups in total. The third-order valence-electron chi connectivity index (χ3n) is 2.63. The highest BCUT2D eigenvalue weighted by Crippen LogP contribution is 2.19. The summed E-state index contributed by atoms with van der Waals surface area (Å²) in [4.78, 5) is 11.3. The van der Waals surface area contributed by atoms with Crippen molar-refractivity contribution in [3.05, 3.63) is 66.2 Å². The van der Waals surface area contributed by atoms with Crippen molar-refractivity contribution in [3.8, 4) is 5.75 Å². The molecule has 0 spiro atoms. The number of anilines is 1. The second kappa shape index (κ2) is 8.79. The fourth-order valence-electron chi connectivity index (χ4n) is 1.65. The lowest BCUT2D eigenvalue weighted by Gasteiger charge is -2.06. The van der Waals surface area contributed by atoms with E-state index in [2.05, 4.69) is 4.72 Å². The van der Waals surface area contributed by atoms with Crippen LogP contribution in [0, 0.1) is 0 Å². The van der Waals surface area contributed by atoms with Crippen LogP contribution in [0.15, 0.2) is 60.7 Å². The number of hydrogen-bond donors (Lipinski definition) is 1. The maximum absolute atomic E-state index is 11.3. The van der Waals surface area contributed by atoms with E-state index in [0.29, 0.717) is 6.61 Å². The van der Waals surface area contributed by atoms with Gasteiger partial charge in [0.05, 0.1) is 6.61 Å². The predicted octanol–water partition coefficient (Wildman–Crippen LogP) is 4.32. The Morgan fingerprint density at radius 3 is 2.77 bits per heavy atom. The lowest BCUT2D eigenvalue weighted by Crippen LogP contribution is -1.98. The quantitative estimate of drug-likeness (QED) is 0.357. The third kappa shape index (κ3) is 5.54. The Kier molecular flexibility index (Phi) is 6.39. The Balaban J connectivity index is 1.87. The second-order valence-electron chi connectivity index (χ2n) is 4.29. The first kappa shape index (κ1) is 16.0. The molecule has 0 aliphatic heterocycles. The van der Waals surface area contributed by atoms with Gasteiger partial charge in [-0.15, -0.1) is 0 Å². The van der Waals surface area contributed by atoms with Crippen molar-refractivity contribution in [2.45, 2.75) is 6.92 Å². The van der Waals surface area contributed by atoms with E-state index in [1.165, 1.54) is 6.08 Å². The molecule has 0 bridgehead atoms. The Morgan fingerprint density at radius 1 is 1.18 bits per heavy atom. The Morgan fingerprint density at radius 2 is 2.00 bits per heavy atom. The van der Waals surface area contributed by atoms with Crippen LogP contribution in [0.3, 0.4) is 0 Å². The molecule has 0 unspecified atom stereocenters. The molecule has 2 aromatic carbocycles. The van der Waals surface area contributed by atoms with Crippen LogP contribution in [0.5, 0.6) is 5.75 Å². The molecule has 0 amide bonds. The Hall–Kier alpha value is -2.40. The number of esters is 1. The minimum absolute atomic E-state index is 0.345. The van der Waals surface area contributed by atoms with E-state index in [1.807, 2.05) is 54.6 Å². The van der Waals surface area contributed by atoms with Crippen LogP contribution in [-0.4, -0.2) is 12.6 Å². The predicted molar refractivity (Wildman–Crippen MR) is 90.4 cm³/mol. The maximum Gasteiger partial charge on any atom is 0.330 e. The molecule has 114 valence electrons. The van der Waals surface area contributed by atoms with Gasteiger partial charge in [0, 0.05) is 11.8 Å². The van der Waals surface area contributed by atoms with Gasteiger partial charge in [0.15, 0.2) is 12.2 Å². The first-order valence-corrected chi connectivity index (χ1v) is 7.61. The van der Waals surface area contributed by atoms with Crippen molar-refractivity contribution in [3.63, 3.8) is 0 Å². The van der Waals surface area contributed by atoms with Crippen LogP contribution < -0.4 is 8.91 Å². The number of nitrogens with one attached hydrogen (secondary N) is 1. The molecule has 2 aromatic rings. The van der Waals surface area contributed by atoms with Crippen molar-refractivity contribution in [1.82, 2.24) is 0 Å². The van der Waals surface area contributed by atoms with E-state index in [1.54, 1.807) is 13.0 Å². The summed E-state index contributed by atoms with van der Waals surface area (Å²) in [6.07, 6.45) is 3.13. The van der Waals surface area contributed by atoms with Gasteiger partial charge in [-0.05, 0) is 42.8 Å². The molecule has 22 heavy (non-hydrogen) atoms. The number of carbonyl (C=O) groups is 1. The monoisotopic (exact) mass is 315 g/mol. The van der Waals surface area contributed by atoms with Crippen LogP contribution >= 0.6 is 12.2 Å². The highest BCUT2D eigenvalue weighted by molar-refractivity contribution is 7.96. The summed E-state index contributed by atoms with van der Waals surface area (Å²) in [5.41, 5.74) is 1.78. The van der Waals surface area contributed by atoms with Crippen LogP contribution in [0.1, 0.15) is 12.5 Å². The Bertz CT molecular complexity index is 629. The van der Waals surface area contributed by atoms with Crippen molar-refractivity contribution in [1.29, 1.82) is 0 Å². The van der Waals surface area contributed by atoms with E-state index in [4.69, 9.17) is 8.92 Å². The third-order valence-corrected chi connectivity index (χ3v) is 3.22. The van der Waals surface area contributed by atoms with Gasteiger partial charge in [-0.3, -0.25) is 4.72 Å². The molecule has 0 radical (unpaired) electrons. The number of para-hydroxylation sites is 1. The number of rotatable bonds is 7. The first-order valence-electron chi connectivity index (χ1n) is 6.87. The molecule has 2 rings (SSSR count). The number of benzene rings is 2. The minimum Gasteiger partial charge on any atom is -0.463 e. The fourth-order valence-corrected chi connectivity index (χ4v) is 2.13. The van der Waals surface area contributed by atoms with Gasteiger partial charge in [-0.2, -0.15) is 0 Å². The molecule has 5 heteroatoms. The maximum atomic E-state index is 11.3. The summed E-state index contributed by atoms with van der Waals surface area (Å²) < 4.78 is 13.4. The molecule has 4 nitrogen and oxygen atoms in total.